The largest absolute Gasteiger partial charge is 0.481 e. The summed E-state index contributed by atoms with van der Waals surface area (Å²) in [6.45, 7) is 0.672. The maximum absolute atomic E-state index is 8.68. The number of hydrogen-bond donors (Lipinski definition) is 1. The summed E-state index contributed by atoms with van der Waals surface area (Å²) in [6.07, 6.45) is 2.77. The van der Waals surface area contributed by atoms with Crippen LogP contribution in [-0.2, 0) is 0 Å². The summed E-state index contributed by atoms with van der Waals surface area (Å²) < 4.78 is 5.11. The van der Waals surface area contributed by atoms with E-state index in [2.05, 4.69) is 16.0 Å². The third kappa shape index (κ3) is 2.59. The van der Waals surface area contributed by atoms with Crippen molar-refractivity contribution in [3.8, 4) is 11.9 Å². The van der Waals surface area contributed by atoms with Crippen LogP contribution >= 0.6 is 0 Å². The van der Waals surface area contributed by atoms with Crippen LogP contribution in [0, 0.1) is 11.3 Å². The zero-order chi connectivity index (χ0) is 12.3. The van der Waals surface area contributed by atoms with Crippen molar-refractivity contribution in [2.75, 3.05) is 24.3 Å². The Morgan fingerprint density at radius 2 is 2.35 bits per heavy atom. The Kier molecular flexibility index (Phi) is 3.33. The van der Waals surface area contributed by atoms with Crippen molar-refractivity contribution >= 4 is 11.5 Å². The maximum Gasteiger partial charge on any atom is 0.215 e. The topological polar surface area (TPSA) is 75.2 Å². The molecule has 2 rings (SSSR count). The van der Waals surface area contributed by atoms with E-state index in [0.29, 0.717) is 30.6 Å². The van der Waals surface area contributed by atoms with Gasteiger partial charge in [-0.25, -0.2) is 0 Å². The van der Waals surface area contributed by atoms with E-state index in [-0.39, 0.29) is 0 Å². The Labute approximate surface area is 101 Å². The van der Waals surface area contributed by atoms with Gasteiger partial charge in [-0.05, 0) is 18.9 Å². The summed E-state index contributed by atoms with van der Waals surface area (Å²) in [5.74, 6) is 1.29. The molecule has 0 saturated heterocycles. The van der Waals surface area contributed by atoms with Gasteiger partial charge in [-0.15, -0.1) is 0 Å². The molecule has 90 valence electrons. The number of rotatable bonds is 5. The third-order valence-corrected chi connectivity index (χ3v) is 2.81. The van der Waals surface area contributed by atoms with E-state index in [9.17, 15) is 0 Å². The highest BCUT2D eigenvalue weighted by Crippen LogP contribution is 2.34. The number of pyridine rings is 1. The summed E-state index contributed by atoms with van der Waals surface area (Å²) in [7, 11) is 1.58. The van der Waals surface area contributed by atoms with Crippen LogP contribution in [0.5, 0.6) is 5.88 Å². The fourth-order valence-electron chi connectivity index (χ4n) is 1.80. The minimum Gasteiger partial charge on any atom is -0.481 e. The van der Waals surface area contributed by atoms with Gasteiger partial charge in [-0.2, -0.15) is 10.2 Å². The molecule has 1 aromatic heterocycles. The lowest BCUT2D eigenvalue weighted by molar-refractivity contribution is 0.398. The first-order valence-corrected chi connectivity index (χ1v) is 5.70. The van der Waals surface area contributed by atoms with E-state index in [0.717, 1.165) is 18.7 Å². The fourth-order valence-corrected chi connectivity index (χ4v) is 1.80. The molecule has 1 aliphatic rings. The molecule has 0 amide bonds. The van der Waals surface area contributed by atoms with E-state index in [4.69, 9.17) is 15.7 Å². The van der Waals surface area contributed by atoms with Gasteiger partial charge in [0.15, 0.2) is 5.82 Å². The predicted molar refractivity (Wildman–Crippen MR) is 65.8 cm³/mol. The molecule has 2 N–H and O–H groups in total. The second kappa shape index (κ2) is 4.91. The summed E-state index contributed by atoms with van der Waals surface area (Å²) in [4.78, 5) is 6.49. The quantitative estimate of drug-likeness (QED) is 0.833. The molecule has 0 unspecified atom stereocenters. The molecule has 0 radical (unpaired) electrons. The molecular formula is C12H16N4O. The number of nitrogens with two attached hydrogens (primary N) is 1. The van der Waals surface area contributed by atoms with Gasteiger partial charge in [0.2, 0.25) is 5.88 Å². The normalized spacial score (nSPS) is 14.1. The summed E-state index contributed by atoms with van der Waals surface area (Å²) in [6, 6.07) is 6.17. The number of anilines is 2. The highest BCUT2D eigenvalue weighted by Gasteiger charge is 2.30. The van der Waals surface area contributed by atoms with Crippen molar-refractivity contribution in [1.29, 1.82) is 5.26 Å². The molecule has 1 fully saturated rings. The smallest absolute Gasteiger partial charge is 0.215 e. The summed E-state index contributed by atoms with van der Waals surface area (Å²) >= 11 is 0. The van der Waals surface area contributed by atoms with Crippen molar-refractivity contribution in [2.24, 2.45) is 0 Å². The van der Waals surface area contributed by atoms with Crippen molar-refractivity contribution in [1.82, 2.24) is 4.98 Å². The van der Waals surface area contributed by atoms with Crippen LogP contribution in [0.2, 0.25) is 0 Å². The molecule has 1 heterocycles. The van der Waals surface area contributed by atoms with E-state index in [1.54, 1.807) is 19.2 Å². The lowest BCUT2D eigenvalue weighted by atomic mass is 10.3. The van der Waals surface area contributed by atoms with E-state index in [1.807, 2.05) is 0 Å². The Hall–Kier alpha value is -1.96. The molecular weight excluding hydrogens is 216 g/mol. The van der Waals surface area contributed by atoms with E-state index < -0.39 is 0 Å². The van der Waals surface area contributed by atoms with Gasteiger partial charge in [0.05, 0.1) is 25.3 Å². The zero-order valence-corrected chi connectivity index (χ0v) is 9.89. The van der Waals surface area contributed by atoms with Crippen molar-refractivity contribution in [2.45, 2.75) is 25.3 Å². The van der Waals surface area contributed by atoms with Crippen LogP contribution in [0.15, 0.2) is 12.1 Å². The molecule has 5 nitrogen and oxygen atoms in total. The van der Waals surface area contributed by atoms with Crippen molar-refractivity contribution in [3.05, 3.63) is 12.1 Å². The van der Waals surface area contributed by atoms with Gasteiger partial charge < -0.3 is 15.4 Å². The number of nitriles is 1. The lowest BCUT2D eigenvalue weighted by Crippen LogP contribution is -2.28. The van der Waals surface area contributed by atoms with E-state index in [1.165, 1.54) is 0 Å². The zero-order valence-electron chi connectivity index (χ0n) is 9.89. The first-order valence-electron chi connectivity index (χ1n) is 5.70. The van der Waals surface area contributed by atoms with Crippen LogP contribution in [0.3, 0.4) is 0 Å². The van der Waals surface area contributed by atoms with Crippen molar-refractivity contribution < 1.29 is 4.74 Å². The number of hydrogen-bond acceptors (Lipinski definition) is 5. The number of ether oxygens (including phenoxy) is 1. The Morgan fingerprint density at radius 1 is 1.59 bits per heavy atom. The predicted octanol–water partition coefficient (Wildman–Crippen LogP) is 1.55. The molecule has 5 heteroatoms. The number of methoxy groups -OCH3 is 1. The van der Waals surface area contributed by atoms with Gasteiger partial charge in [0, 0.05) is 18.7 Å². The SMILES string of the molecule is COc1ccc(N)c(N(CCC#N)C2CC2)n1. The number of nitrogen functional groups attached to an aromatic ring is 1. The standard InChI is InChI=1S/C12H16N4O/c1-17-11-6-5-10(14)12(15-11)16(8-2-7-13)9-3-4-9/h5-6,9H,2-4,8,14H2,1H3. The molecule has 1 aliphatic carbocycles. The minimum absolute atomic E-state index is 0.477. The molecule has 1 saturated carbocycles. The molecule has 0 aromatic carbocycles. The second-order valence-electron chi connectivity index (χ2n) is 4.10. The number of aromatic nitrogens is 1. The van der Waals surface area contributed by atoms with Crippen LogP contribution in [0.1, 0.15) is 19.3 Å². The van der Waals surface area contributed by atoms with Gasteiger partial charge in [0.25, 0.3) is 0 Å². The highest BCUT2D eigenvalue weighted by atomic mass is 16.5. The highest BCUT2D eigenvalue weighted by molar-refractivity contribution is 5.64. The molecule has 0 spiro atoms. The summed E-state index contributed by atoms with van der Waals surface area (Å²) in [5.41, 5.74) is 6.57. The molecule has 0 atom stereocenters. The molecule has 0 aliphatic heterocycles. The van der Waals surface area contributed by atoms with Crippen LogP contribution in [0.25, 0.3) is 0 Å². The second-order valence-corrected chi connectivity index (χ2v) is 4.10. The van der Waals surface area contributed by atoms with Gasteiger partial charge in [-0.3, -0.25) is 0 Å². The average molecular weight is 232 g/mol. The van der Waals surface area contributed by atoms with Gasteiger partial charge in [0.1, 0.15) is 0 Å². The summed E-state index contributed by atoms with van der Waals surface area (Å²) in [5, 5.41) is 8.68. The Morgan fingerprint density at radius 3 is 2.94 bits per heavy atom. The fraction of sp³-hybridized carbons (Fsp3) is 0.500. The first kappa shape index (κ1) is 11.5. The first-order chi connectivity index (χ1) is 8.26. The van der Waals surface area contributed by atoms with E-state index >= 15 is 0 Å². The number of nitrogens with zero attached hydrogens (tertiary/aromatic N) is 3. The molecule has 1 aromatic rings. The van der Waals surface area contributed by atoms with Crippen LogP contribution in [0.4, 0.5) is 11.5 Å². The van der Waals surface area contributed by atoms with Gasteiger partial charge in [-0.1, -0.05) is 0 Å². The minimum atomic E-state index is 0.477. The van der Waals surface area contributed by atoms with Crippen LogP contribution < -0.4 is 15.4 Å². The third-order valence-electron chi connectivity index (χ3n) is 2.81. The lowest BCUT2D eigenvalue weighted by Gasteiger charge is -2.24. The monoisotopic (exact) mass is 232 g/mol. The van der Waals surface area contributed by atoms with Crippen molar-refractivity contribution in [3.63, 3.8) is 0 Å². The average Bonchev–Trinajstić information content (AvgIpc) is 3.16. The Balaban J connectivity index is 2.24. The van der Waals surface area contributed by atoms with Gasteiger partial charge >= 0.3 is 0 Å². The molecule has 17 heavy (non-hydrogen) atoms. The van der Waals surface area contributed by atoms with Crippen LogP contribution in [-0.4, -0.2) is 24.7 Å². The maximum atomic E-state index is 8.68. The Bertz CT molecular complexity index is 437. The molecule has 0 bridgehead atoms.